The molecule has 0 aromatic heterocycles. The van der Waals surface area contributed by atoms with E-state index in [-0.39, 0.29) is 12.3 Å². The molecule has 2 rings (SSSR count). The minimum Gasteiger partial charge on any atom is -0.497 e. The third-order valence-electron chi connectivity index (χ3n) is 4.11. The van der Waals surface area contributed by atoms with Crippen molar-refractivity contribution in [2.75, 3.05) is 7.11 Å². The van der Waals surface area contributed by atoms with Gasteiger partial charge in [0.05, 0.1) is 13.7 Å². The zero-order valence-electron chi connectivity index (χ0n) is 13.9. The van der Waals surface area contributed by atoms with Crippen molar-refractivity contribution < 1.29 is 18.3 Å². The molecule has 1 aliphatic carbocycles. The Morgan fingerprint density at radius 1 is 1.29 bits per heavy atom. The fourth-order valence-corrected chi connectivity index (χ4v) is 2.87. The Morgan fingerprint density at radius 3 is 2.62 bits per heavy atom. The van der Waals surface area contributed by atoms with Crippen LogP contribution in [-0.4, -0.2) is 25.7 Å². The molecule has 0 amide bonds. The van der Waals surface area contributed by atoms with Crippen molar-refractivity contribution in [3.05, 3.63) is 23.8 Å². The molecule has 0 saturated heterocycles. The molecule has 1 fully saturated rings. The third-order valence-corrected chi connectivity index (χ3v) is 4.11. The van der Waals surface area contributed by atoms with Crippen LogP contribution in [0.25, 0.3) is 0 Å². The van der Waals surface area contributed by atoms with Gasteiger partial charge in [-0.15, -0.1) is 0 Å². The second-order valence-corrected chi connectivity index (χ2v) is 5.89. The highest BCUT2D eigenvalue weighted by molar-refractivity contribution is 5.78. The van der Waals surface area contributed by atoms with Gasteiger partial charge in [0.25, 0.3) is 0 Å². The molecule has 1 aromatic rings. The topological polar surface area (TPSA) is 68.9 Å². The van der Waals surface area contributed by atoms with Gasteiger partial charge in [0.2, 0.25) is 0 Å². The molecular weight excluding hydrogens is 316 g/mol. The molecule has 0 radical (unpaired) electrons. The Bertz CT molecular complexity index is 545. The lowest BCUT2D eigenvalue weighted by molar-refractivity contribution is -0.0504. The summed E-state index contributed by atoms with van der Waals surface area (Å²) in [4.78, 5) is 4.27. The lowest BCUT2D eigenvalue weighted by Crippen LogP contribution is -2.39. The van der Waals surface area contributed by atoms with Crippen molar-refractivity contribution in [3.63, 3.8) is 0 Å². The van der Waals surface area contributed by atoms with E-state index >= 15 is 0 Å². The molecule has 3 N–H and O–H groups in total. The average molecular weight is 341 g/mol. The highest BCUT2D eigenvalue weighted by atomic mass is 19.3. The normalized spacial score (nSPS) is 16.8. The van der Waals surface area contributed by atoms with Crippen molar-refractivity contribution in [1.82, 2.24) is 5.32 Å². The predicted molar refractivity (Wildman–Crippen MR) is 89.6 cm³/mol. The van der Waals surface area contributed by atoms with Gasteiger partial charge in [-0.25, -0.2) is 4.99 Å². The molecule has 1 aromatic carbocycles. The standard InChI is InChI=1S/C17H25F2N3O2/c1-23-14-8-9-15(24-16(18)19)12(10-14)11-21-17(20)22-13-6-4-2-3-5-7-13/h8-10,13,16H,2-7,11H2,1H3,(H3,20,21,22). The first-order valence-corrected chi connectivity index (χ1v) is 8.26. The van der Waals surface area contributed by atoms with Crippen LogP contribution in [0.2, 0.25) is 0 Å². The molecule has 134 valence electrons. The first-order chi connectivity index (χ1) is 11.6. The van der Waals surface area contributed by atoms with E-state index in [4.69, 9.17) is 10.5 Å². The zero-order valence-corrected chi connectivity index (χ0v) is 13.9. The van der Waals surface area contributed by atoms with Crippen molar-refractivity contribution in [2.24, 2.45) is 10.7 Å². The number of hydrogen-bond acceptors (Lipinski definition) is 3. The minimum atomic E-state index is -2.89. The van der Waals surface area contributed by atoms with E-state index in [1.807, 2.05) is 0 Å². The number of hydrogen-bond donors (Lipinski definition) is 2. The smallest absolute Gasteiger partial charge is 0.387 e. The molecule has 24 heavy (non-hydrogen) atoms. The number of aliphatic imine (C=N–C) groups is 1. The average Bonchev–Trinajstić information content (AvgIpc) is 2.82. The van der Waals surface area contributed by atoms with Crippen LogP contribution in [0.4, 0.5) is 8.78 Å². The number of methoxy groups -OCH3 is 1. The zero-order chi connectivity index (χ0) is 17.4. The van der Waals surface area contributed by atoms with E-state index in [0.29, 0.717) is 23.3 Å². The van der Waals surface area contributed by atoms with E-state index in [9.17, 15) is 8.78 Å². The van der Waals surface area contributed by atoms with Gasteiger partial charge in [0.15, 0.2) is 5.96 Å². The Hall–Kier alpha value is -2.05. The van der Waals surface area contributed by atoms with E-state index in [0.717, 1.165) is 12.8 Å². The number of nitrogens with one attached hydrogen (secondary N) is 1. The molecule has 0 heterocycles. The maximum absolute atomic E-state index is 12.5. The number of benzene rings is 1. The van der Waals surface area contributed by atoms with E-state index in [2.05, 4.69) is 15.0 Å². The van der Waals surface area contributed by atoms with Gasteiger partial charge >= 0.3 is 6.61 Å². The first-order valence-electron chi connectivity index (χ1n) is 8.26. The monoisotopic (exact) mass is 341 g/mol. The Labute approximate surface area is 141 Å². The molecule has 0 spiro atoms. The summed E-state index contributed by atoms with van der Waals surface area (Å²) in [7, 11) is 1.51. The molecule has 1 saturated carbocycles. The summed E-state index contributed by atoms with van der Waals surface area (Å²) in [5.41, 5.74) is 6.44. The van der Waals surface area contributed by atoms with Gasteiger partial charge in [-0.3, -0.25) is 0 Å². The van der Waals surface area contributed by atoms with Crippen LogP contribution in [0.5, 0.6) is 11.5 Å². The molecule has 5 nitrogen and oxygen atoms in total. The maximum atomic E-state index is 12.5. The van der Waals surface area contributed by atoms with Gasteiger partial charge in [0, 0.05) is 11.6 Å². The molecule has 0 atom stereocenters. The maximum Gasteiger partial charge on any atom is 0.387 e. The molecule has 0 bridgehead atoms. The van der Waals surface area contributed by atoms with Crippen LogP contribution in [0.3, 0.4) is 0 Å². The summed E-state index contributed by atoms with van der Waals surface area (Å²) < 4.78 is 34.6. The van der Waals surface area contributed by atoms with Gasteiger partial charge < -0.3 is 20.5 Å². The highest BCUT2D eigenvalue weighted by Gasteiger charge is 2.13. The lowest BCUT2D eigenvalue weighted by Gasteiger charge is -2.17. The predicted octanol–water partition coefficient (Wildman–Crippen LogP) is 3.42. The number of rotatable bonds is 6. The van der Waals surface area contributed by atoms with E-state index < -0.39 is 6.61 Å². The summed E-state index contributed by atoms with van der Waals surface area (Å²) in [6.07, 6.45) is 7.05. The number of guanidine groups is 1. The summed E-state index contributed by atoms with van der Waals surface area (Å²) >= 11 is 0. The van der Waals surface area contributed by atoms with E-state index in [1.165, 1.54) is 38.9 Å². The quantitative estimate of drug-likeness (QED) is 0.472. The van der Waals surface area contributed by atoms with Crippen molar-refractivity contribution >= 4 is 5.96 Å². The fraction of sp³-hybridized carbons (Fsp3) is 0.588. The van der Waals surface area contributed by atoms with Gasteiger partial charge in [-0.05, 0) is 31.0 Å². The van der Waals surface area contributed by atoms with Crippen LogP contribution in [0, 0.1) is 0 Å². The van der Waals surface area contributed by atoms with Crippen molar-refractivity contribution in [1.29, 1.82) is 0 Å². The minimum absolute atomic E-state index is 0.0804. The van der Waals surface area contributed by atoms with E-state index in [1.54, 1.807) is 12.1 Å². The van der Waals surface area contributed by atoms with Crippen LogP contribution in [0.1, 0.15) is 44.1 Å². The third kappa shape index (κ3) is 5.86. The van der Waals surface area contributed by atoms with Crippen LogP contribution in [-0.2, 0) is 6.54 Å². The fourth-order valence-electron chi connectivity index (χ4n) is 2.87. The lowest BCUT2D eigenvalue weighted by atomic mass is 10.1. The van der Waals surface area contributed by atoms with Crippen LogP contribution < -0.4 is 20.5 Å². The molecule has 0 aliphatic heterocycles. The Balaban J connectivity index is 2.02. The van der Waals surface area contributed by atoms with Crippen molar-refractivity contribution in [3.8, 4) is 11.5 Å². The van der Waals surface area contributed by atoms with Crippen LogP contribution >= 0.6 is 0 Å². The summed E-state index contributed by atoms with van der Waals surface area (Å²) in [6.45, 7) is -2.74. The molecule has 7 heteroatoms. The van der Waals surface area contributed by atoms with Gasteiger partial charge in [-0.2, -0.15) is 8.78 Å². The number of ether oxygens (including phenoxy) is 2. The number of nitrogens with zero attached hydrogens (tertiary/aromatic N) is 1. The number of alkyl halides is 2. The molecule has 0 unspecified atom stereocenters. The first kappa shape index (κ1) is 18.3. The largest absolute Gasteiger partial charge is 0.497 e. The number of nitrogens with two attached hydrogens (primary N) is 1. The van der Waals surface area contributed by atoms with Gasteiger partial charge in [-0.1, -0.05) is 25.7 Å². The second kappa shape index (κ2) is 9.30. The number of halogens is 2. The van der Waals surface area contributed by atoms with Crippen molar-refractivity contribution in [2.45, 2.75) is 57.7 Å². The highest BCUT2D eigenvalue weighted by Crippen LogP contribution is 2.26. The molecular formula is C17H25F2N3O2. The molecule has 1 aliphatic rings. The Kier molecular flexibility index (Phi) is 7.08. The SMILES string of the molecule is COc1ccc(OC(F)F)c(CN=C(N)NC2CCCCCC2)c1. The Morgan fingerprint density at radius 2 is 2.00 bits per heavy atom. The summed E-state index contributed by atoms with van der Waals surface area (Å²) in [5.74, 6) is 0.960. The second-order valence-electron chi connectivity index (χ2n) is 5.89. The summed E-state index contributed by atoms with van der Waals surface area (Å²) in [5, 5.41) is 3.23. The van der Waals surface area contributed by atoms with Gasteiger partial charge in [0.1, 0.15) is 11.5 Å². The summed E-state index contributed by atoms with van der Waals surface area (Å²) in [6, 6.07) is 4.97. The van der Waals surface area contributed by atoms with Crippen LogP contribution in [0.15, 0.2) is 23.2 Å².